The Morgan fingerprint density at radius 3 is 2.52 bits per heavy atom. The second kappa shape index (κ2) is 5.06. The van der Waals surface area contributed by atoms with E-state index >= 15 is 0 Å². The normalized spacial score (nSPS) is 11.5. The number of aryl methyl sites for hydroxylation is 3. The molecule has 110 valence electrons. The molecule has 7 heteroatoms. The van der Waals surface area contributed by atoms with Crippen LogP contribution in [-0.2, 0) is 6.54 Å². The van der Waals surface area contributed by atoms with Crippen molar-refractivity contribution >= 4 is 43.3 Å². The molecule has 0 amide bonds. The van der Waals surface area contributed by atoms with E-state index in [0.29, 0.717) is 18.2 Å². The number of rotatable bonds is 2. The van der Waals surface area contributed by atoms with Gasteiger partial charge in [-0.2, -0.15) is 5.10 Å². The Bertz CT molecular complexity index is 849. The van der Waals surface area contributed by atoms with Crippen molar-refractivity contribution in [2.75, 3.05) is 5.73 Å². The average molecular weight is 366 g/mol. The van der Waals surface area contributed by atoms with E-state index < -0.39 is 0 Å². The van der Waals surface area contributed by atoms with Gasteiger partial charge in [0.15, 0.2) is 5.82 Å². The van der Waals surface area contributed by atoms with E-state index in [1.54, 1.807) is 11.3 Å². The molecule has 0 aliphatic rings. The minimum absolute atomic E-state index is 0.522. The first-order valence-electron chi connectivity index (χ1n) is 6.60. The number of hydrogen-bond donors (Lipinski definition) is 1. The molecule has 0 aliphatic heterocycles. The molecule has 2 N–H and O–H groups in total. The fraction of sp³-hybridized carbons (Fsp3) is 0.357. The van der Waals surface area contributed by atoms with Gasteiger partial charge in [0.2, 0.25) is 0 Å². The first-order chi connectivity index (χ1) is 9.88. The highest BCUT2D eigenvalue weighted by Gasteiger charge is 2.15. The third-order valence-electron chi connectivity index (χ3n) is 3.69. The van der Waals surface area contributed by atoms with E-state index in [-0.39, 0.29) is 0 Å². The van der Waals surface area contributed by atoms with Gasteiger partial charge in [0.1, 0.15) is 17.2 Å². The lowest BCUT2D eigenvalue weighted by molar-refractivity contribution is 0.635. The number of nitrogens with zero attached hydrogens (tertiary/aromatic N) is 4. The fourth-order valence-electron chi connectivity index (χ4n) is 2.36. The molecule has 0 unspecified atom stereocenters. The third-order valence-corrected chi connectivity index (χ3v) is 5.94. The second-order valence-corrected chi connectivity index (χ2v) is 7.13. The summed E-state index contributed by atoms with van der Waals surface area (Å²) in [6.07, 6.45) is 0. The van der Waals surface area contributed by atoms with Crippen LogP contribution < -0.4 is 5.73 Å². The van der Waals surface area contributed by atoms with Crippen LogP contribution in [0.25, 0.3) is 10.2 Å². The predicted molar refractivity (Wildman–Crippen MR) is 89.8 cm³/mol. The van der Waals surface area contributed by atoms with Crippen LogP contribution in [0, 0.1) is 27.7 Å². The molecule has 0 radical (unpaired) electrons. The van der Waals surface area contributed by atoms with Crippen molar-refractivity contribution in [1.82, 2.24) is 19.7 Å². The largest absolute Gasteiger partial charge is 0.383 e. The first-order valence-corrected chi connectivity index (χ1v) is 8.21. The van der Waals surface area contributed by atoms with Gasteiger partial charge in [-0.3, -0.25) is 4.68 Å². The smallest absolute Gasteiger partial charge is 0.153 e. The maximum absolute atomic E-state index is 6.11. The molecule has 3 aromatic rings. The lowest BCUT2D eigenvalue weighted by Gasteiger charge is -2.05. The Labute approximate surface area is 135 Å². The van der Waals surface area contributed by atoms with Crippen LogP contribution in [0.15, 0.2) is 4.47 Å². The van der Waals surface area contributed by atoms with Gasteiger partial charge in [-0.15, -0.1) is 11.3 Å². The number of aromatic nitrogens is 4. The lowest BCUT2D eigenvalue weighted by atomic mass is 10.2. The summed E-state index contributed by atoms with van der Waals surface area (Å²) in [6.45, 7) is 8.66. The van der Waals surface area contributed by atoms with Crippen LogP contribution in [0.4, 0.5) is 5.82 Å². The van der Waals surface area contributed by atoms with E-state index in [2.05, 4.69) is 44.8 Å². The highest BCUT2D eigenvalue weighted by Crippen LogP contribution is 2.32. The summed E-state index contributed by atoms with van der Waals surface area (Å²) in [7, 11) is 0. The van der Waals surface area contributed by atoms with E-state index in [9.17, 15) is 0 Å². The number of nitrogens with two attached hydrogens (primary N) is 1. The van der Waals surface area contributed by atoms with Gasteiger partial charge in [-0.25, -0.2) is 9.97 Å². The van der Waals surface area contributed by atoms with Crippen LogP contribution in [0.3, 0.4) is 0 Å². The molecule has 0 atom stereocenters. The Kier molecular flexibility index (Phi) is 3.49. The maximum atomic E-state index is 6.11. The molecule has 0 bridgehead atoms. The molecule has 0 aliphatic carbocycles. The molecular weight excluding hydrogens is 350 g/mol. The van der Waals surface area contributed by atoms with Crippen LogP contribution in [-0.4, -0.2) is 19.7 Å². The van der Waals surface area contributed by atoms with Crippen molar-refractivity contribution in [2.24, 2.45) is 0 Å². The zero-order valence-corrected chi connectivity index (χ0v) is 14.8. The summed E-state index contributed by atoms with van der Waals surface area (Å²) in [5.74, 6) is 1.25. The molecule has 3 aromatic heterocycles. The summed E-state index contributed by atoms with van der Waals surface area (Å²) in [6, 6.07) is 0. The van der Waals surface area contributed by atoms with Crippen molar-refractivity contribution in [3.63, 3.8) is 0 Å². The van der Waals surface area contributed by atoms with Gasteiger partial charge < -0.3 is 5.73 Å². The van der Waals surface area contributed by atoms with Gasteiger partial charge in [-0.05, 0) is 49.2 Å². The molecule has 0 spiro atoms. The zero-order valence-electron chi connectivity index (χ0n) is 12.4. The average Bonchev–Trinajstić information content (AvgIpc) is 2.83. The number of nitrogen functional groups attached to an aromatic ring is 1. The Balaban J connectivity index is 2.07. The number of anilines is 1. The molecule has 0 aromatic carbocycles. The Morgan fingerprint density at radius 2 is 1.90 bits per heavy atom. The second-order valence-electron chi connectivity index (χ2n) is 5.13. The third kappa shape index (κ3) is 2.34. The molecule has 3 heterocycles. The molecule has 5 nitrogen and oxygen atoms in total. The predicted octanol–water partition coefficient (Wildman–Crippen LogP) is 3.51. The van der Waals surface area contributed by atoms with Crippen LogP contribution in [0.2, 0.25) is 0 Å². The van der Waals surface area contributed by atoms with Crippen molar-refractivity contribution in [1.29, 1.82) is 0 Å². The van der Waals surface area contributed by atoms with Gasteiger partial charge in [0.25, 0.3) is 0 Å². The summed E-state index contributed by atoms with van der Waals surface area (Å²) >= 11 is 5.19. The SMILES string of the molecule is Cc1nn(Cc2nc(N)c3c(C)c(C)sc3n2)c(C)c1Br. The van der Waals surface area contributed by atoms with E-state index in [1.807, 2.05) is 18.5 Å². The zero-order chi connectivity index (χ0) is 15.3. The Morgan fingerprint density at radius 1 is 1.19 bits per heavy atom. The van der Waals surface area contributed by atoms with Crippen molar-refractivity contribution in [2.45, 2.75) is 34.2 Å². The minimum atomic E-state index is 0.522. The topological polar surface area (TPSA) is 69.6 Å². The highest BCUT2D eigenvalue weighted by molar-refractivity contribution is 9.10. The molecule has 0 fully saturated rings. The summed E-state index contributed by atoms with van der Waals surface area (Å²) in [5, 5.41) is 5.47. The number of fused-ring (bicyclic) bond motifs is 1. The monoisotopic (exact) mass is 365 g/mol. The quantitative estimate of drug-likeness (QED) is 0.754. The van der Waals surface area contributed by atoms with Crippen molar-refractivity contribution in [3.05, 3.63) is 32.1 Å². The first kappa shape index (κ1) is 14.5. The molecule has 0 saturated carbocycles. The lowest BCUT2D eigenvalue weighted by Crippen LogP contribution is -2.09. The summed E-state index contributed by atoms with van der Waals surface area (Å²) in [5.41, 5.74) is 9.31. The van der Waals surface area contributed by atoms with Gasteiger partial charge in [0, 0.05) is 4.88 Å². The highest BCUT2D eigenvalue weighted by atomic mass is 79.9. The van der Waals surface area contributed by atoms with Crippen molar-refractivity contribution < 1.29 is 0 Å². The standard InChI is InChI=1S/C14H16BrN5S/c1-6-9(4)21-14-11(6)13(16)17-10(18-14)5-20-8(3)12(15)7(2)19-20/h5H2,1-4H3,(H2,16,17,18). The maximum Gasteiger partial charge on any atom is 0.153 e. The molecule has 21 heavy (non-hydrogen) atoms. The van der Waals surface area contributed by atoms with E-state index in [1.165, 1.54) is 10.4 Å². The fourth-order valence-corrected chi connectivity index (χ4v) is 3.70. The van der Waals surface area contributed by atoms with Crippen LogP contribution in [0.5, 0.6) is 0 Å². The van der Waals surface area contributed by atoms with Crippen LogP contribution in [0.1, 0.15) is 27.7 Å². The van der Waals surface area contributed by atoms with Gasteiger partial charge in [-0.1, -0.05) is 0 Å². The molecule has 0 saturated heterocycles. The van der Waals surface area contributed by atoms with E-state index in [4.69, 9.17) is 5.73 Å². The number of halogens is 1. The minimum Gasteiger partial charge on any atom is -0.383 e. The van der Waals surface area contributed by atoms with Crippen LogP contribution >= 0.6 is 27.3 Å². The molecular formula is C14H16BrN5S. The summed E-state index contributed by atoms with van der Waals surface area (Å²) < 4.78 is 2.92. The van der Waals surface area contributed by atoms with Gasteiger partial charge >= 0.3 is 0 Å². The summed E-state index contributed by atoms with van der Waals surface area (Å²) in [4.78, 5) is 11.3. The van der Waals surface area contributed by atoms with Crippen molar-refractivity contribution in [3.8, 4) is 0 Å². The Hall–Kier alpha value is -1.47. The number of hydrogen-bond acceptors (Lipinski definition) is 5. The van der Waals surface area contributed by atoms with E-state index in [0.717, 1.165) is 26.1 Å². The number of thiophene rings is 1. The molecule has 3 rings (SSSR count). The van der Waals surface area contributed by atoms with Gasteiger partial charge in [0.05, 0.1) is 21.2 Å².